The predicted octanol–water partition coefficient (Wildman–Crippen LogP) is -0.832. The summed E-state index contributed by atoms with van der Waals surface area (Å²) in [6.45, 7) is 0. The zero-order chi connectivity index (χ0) is 0. The van der Waals surface area contributed by atoms with Crippen molar-refractivity contribution in [2.75, 3.05) is 0 Å². The Kier molecular flexibility index (Phi) is 242. The van der Waals surface area contributed by atoms with Gasteiger partial charge in [0.25, 0.3) is 0 Å². The van der Waals surface area contributed by atoms with Crippen LogP contribution in [0.25, 0.3) is 0 Å². The molecule has 4 heavy (non-hydrogen) atoms. The van der Waals surface area contributed by atoms with E-state index in [0.717, 1.165) is 0 Å². The third-order valence-electron chi connectivity index (χ3n) is 0. The standard InChI is InChI=1S/Co.Cu.H2O.Ti/h;;1H2;. The van der Waals surface area contributed by atoms with Crippen LogP contribution in [0.5, 0.6) is 0 Å². The molecule has 0 saturated heterocycles. The molecule has 0 aromatic heterocycles. The van der Waals surface area contributed by atoms with Gasteiger partial charge < -0.3 is 5.48 Å². The van der Waals surface area contributed by atoms with Crippen molar-refractivity contribution in [2.45, 2.75) is 0 Å². The van der Waals surface area contributed by atoms with E-state index in [0.29, 0.717) is 0 Å². The van der Waals surface area contributed by atoms with E-state index in [-0.39, 0.29) is 61.0 Å². The van der Waals surface area contributed by atoms with Gasteiger partial charge in [0.2, 0.25) is 0 Å². The molecule has 0 atom stereocenters. The topological polar surface area (TPSA) is 31.5 Å². The van der Waals surface area contributed by atoms with Crippen LogP contribution >= 0.6 is 0 Å². The Morgan fingerprint density at radius 1 is 1.00 bits per heavy atom. The monoisotopic (exact) mass is 188 g/mol. The molecule has 0 bridgehead atoms. The molecule has 1 nitrogen and oxygen atoms in total. The molecule has 32 valence electrons. The summed E-state index contributed by atoms with van der Waals surface area (Å²) in [7, 11) is 0. The van der Waals surface area contributed by atoms with Gasteiger partial charge in [0, 0.05) is 55.6 Å². The summed E-state index contributed by atoms with van der Waals surface area (Å²) in [5, 5.41) is 0. The Labute approximate surface area is 60.8 Å². The summed E-state index contributed by atoms with van der Waals surface area (Å²) >= 11 is 0. The van der Waals surface area contributed by atoms with E-state index in [1.54, 1.807) is 0 Å². The van der Waals surface area contributed by atoms with Gasteiger partial charge in [0.1, 0.15) is 0 Å². The third kappa shape index (κ3) is 9.33. The molecule has 4 heteroatoms. The zero-order valence-corrected chi connectivity index (χ0v) is 5.18. The first-order chi connectivity index (χ1) is 0. The minimum Gasteiger partial charge on any atom is -0.412 e. The average molecular weight is 188 g/mol. The van der Waals surface area contributed by atoms with Crippen molar-refractivity contribution in [1.82, 2.24) is 0 Å². The molecule has 2 N–H and O–H groups in total. The van der Waals surface area contributed by atoms with Crippen LogP contribution in [0.15, 0.2) is 0 Å². The molecule has 0 amide bonds. The Balaban J connectivity index is 0. The maximum absolute atomic E-state index is 0. The van der Waals surface area contributed by atoms with Crippen molar-refractivity contribution >= 4 is 0 Å². The van der Waals surface area contributed by atoms with Crippen LogP contribution in [0.4, 0.5) is 0 Å². The van der Waals surface area contributed by atoms with Crippen molar-refractivity contribution in [1.29, 1.82) is 0 Å². The molecule has 0 aliphatic heterocycles. The maximum atomic E-state index is 0. The second kappa shape index (κ2) is 22.3. The summed E-state index contributed by atoms with van der Waals surface area (Å²) in [6, 6.07) is 0. The van der Waals surface area contributed by atoms with Crippen LogP contribution in [0, 0.1) is 0 Å². The molecule has 0 unspecified atom stereocenters. The van der Waals surface area contributed by atoms with Crippen molar-refractivity contribution in [3.63, 3.8) is 0 Å². The SMILES string of the molecule is O.[Co].[Cu].[Ti]. The molecule has 0 fully saturated rings. The van der Waals surface area contributed by atoms with Crippen LogP contribution in [0.2, 0.25) is 0 Å². The van der Waals surface area contributed by atoms with Gasteiger partial charge in [-0.25, -0.2) is 0 Å². The molecule has 0 aromatic rings. The van der Waals surface area contributed by atoms with E-state index >= 15 is 0 Å². The molecule has 0 heterocycles. The van der Waals surface area contributed by atoms with Gasteiger partial charge >= 0.3 is 0 Å². The van der Waals surface area contributed by atoms with E-state index in [1.807, 2.05) is 0 Å². The van der Waals surface area contributed by atoms with Crippen molar-refractivity contribution in [2.24, 2.45) is 0 Å². The van der Waals surface area contributed by atoms with E-state index in [1.165, 1.54) is 0 Å². The van der Waals surface area contributed by atoms with Crippen molar-refractivity contribution < 1.29 is 61.0 Å². The van der Waals surface area contributed by atoms with Crippen LogP contribution in [0.1, 0.15) is 0 Å². The Morgan fingerprint density at radius 3 is 1.00 bits per heavy atom. The number of hydrogen-bond acceptors (Lipinski definition) is 0. The molecule has 2 radical (unpaired) electrons. The minimum absolute atomic E-state index is 0. The Hall–Kier alpha value is 1.70. The average Bonchev–Trinajstić information content (AvgIpc) is 0. The van der Waals surface area contributed by atoms with Crippen LogP contribution in [0.3, 0.4) is 0 Å². The van der Waals surface area contributed by atoms with Gasteiger partial charge in [-0.2, -0.15) is 0 Å². The summed E-state index contributed by atoms with van der Waals surface area (Å²) in [5.74, 6) is 0. The minimum atomic E-state index is 0. The van der Waals surface area contributed by atoms with Crippen LogP contribution < -0.4 is 0 Å². The largest absolute Gasteiger partial charge is 0.412 e. The quantitative estimate of drug-likeness (QED) is 0.444. The number of hydrogen-bond donors (Lipinski definition) is 0. The predicted molar refractivity (Wildman–Crippen MR) is 3.61 cm³/mol. The molecule has 0 spiro atoms. The Morgan fingerprint density at radius 2 is 1.00 bits per heavy atom. The number of rotatable bonds is 0. The van der Waals surface area contributed by atoms with E-state index in [2.05, 4.69) is 0 Å². The summed E-state index contributed by atoms with van der Waals surface area (Å²) < 4.78 is 0. The van der Waals surface area contributed by atoms with Crippen molar-refractivity contribution in [3.8, 4) is 0 Å². The first kappa shape index (κ1) is 43.6. The van der Waals surface area contributed by atoms with E-state index in [4.69, 9.17) is 0 Å². The fraction of sp³-hybridized carbons (Fsp3) is 0. The van der Waals surface area contributed by atoms with Crippen LogP contribution in [-0.2, 0) is 55.6 Å². The zero-order valence-electron chi connectivity index (χ0n) is 1.63. The van der Waals surface area contributed by atoms with Crippen molar-refractivity contribution in [3.05, 3.63) is 0 Å². The molecular formula is H2CoCuOTi. The molecule has 0 aliphatic rings. The first-order valence-electron chi connectivity index (χ1n) is 0. The normalized spacial score (nSPS) is 0. The second-order valence-electron chi connectivity index (χ2n) is 0. The van der Waals surface area contributed by atoms with Gasteiger partial charge in [-0.3, -0.25) is 0 Å². The van der Waals surface area contributed by atoms with E-state index in [9.17, 15) is 0 Å². The van der Waals surface area contributed by atoms with Crippen LogP contribution in [-0.4, -0.2) is 5.48 Å². The smallest absolute Gasteiger partial charge is 0 e. The molecular weight excluding hydrogens is 186 g/mol. The van der Waals surface area contributed by atoms with Gasteiger partial charge in [-0.1, -0.05) is 0 Å². The maximum Gasteiger partial charge on any atom is 0 e. The fourth-order valence-electron chi connectivity index (χ4n) is 0. The summed E-state index contributed by atoms with van der Waals surface area (Å²) in [6.07, 6.45) is 0. The summed E-state index contributed by atoms with van der Waals surface area (Å²) in [4.78, 5) is 0. The summed E-state index contributed by atoms with van der Waals surface area (Å²) in [5.41, 5.74) is 0. The Bertz CT molecular complexity index is 8.00. The molecule has 0 aromatic carbocycles. The van der Waals surface area contributed by atoms with Gasteiger partial charge in [-0.05, 0) is 0 Å². The molecule has 0 rings (SSSR count). The van der Waals surface area contributed by atoms with E-state index < -0.39 is 0 Å². The second-order valence-corrected chi connectivity index (χ2v) is 0. The fourth-order valence-corrected chi connectivity index (χ4v) is 0. The molecule has 0 aliphatic carbocycles. The first-order valence-corrected chi connectivity index (χ1v) is 0. The van der Waals surface area contributed by atoms with Gasteiger partial charge in [0.05, 0.1) is 0 Å². The third-order valence-corrected chi connectivity index (χ3v) is 0. The molecule has 0 saturated carbocycles. The van der Waals surface area contributed by atoms with Gasteiger partial charge in [-0.15, -0.1) is 0 Å². The van der Waals surface area contributed by atoms with Gasteiger partial charge in [0.15, 0.2) is 0 Å².